The highest BCUT2D eigenvalue weighted by atomic mass is 16.8. The Morgan fingerprint density at radius 2 is 0.752 bits per heavy atom. The van der Waals surface area contributed by atoms with Crippen LogP contribution in [0.3, 0.4) is 0 Å². The number of carbonyl (C=O) groups is 1. The number of hydrogen-bond acceptors (Lipinski definition) is 34. The van der Waals surface area contributed by atoms with Crippen LogP contribution >= 0.6 is 0 Å². The molecular formula is C78H145NO34. The highest BCUT2D eigenvalue weighted by Gasteiger charge is 2.60. The van der Waals surface area contributed by atoms with Gasteiger partial charge in [-0.2, -0.15) is 0 Å². The third-order valence-corrected chi connectivity index (χ3v) is 22.7. The fourth-order valence-electron chi connectivity index (χ4n) is 15.5. The zero-order chi connectivity index (χ0) is 82.5. The smallest absolute Gasteiger partial charge is 0.249 e. The predicted octanol–water partition coefficient (Wildman–Crippen LogP) is -1.18. The average Bonchev–Trinajstić information content (AvgIpc) is 1.65. The van der Waals surface area contributed by atoms with E-state index in [2.05, 4.69) is 19.2 Å². The molecule has 6 heterocycles. The molecule has 1 amide bonds. The summed E-state index contributed by atoms with van der Waals surface area (Å²) in [5.74, 6) is -0.856. The van der Waals surface area contributed by atoms with Crippen molar-refractivity contribution >= 4 is 5.91 Å². The number of aliphatic hydroxyl groups excluding tert-OH is 21. The van der Waals surface area contributed by atoms with Crippen molar-refractivity contribution in [3.05, 3.63) is 0 Å². The highest BCUT2D eigenvalue weighted by molar-refractivity contribution is 5.80. The molecule has 35 nitrogen and oxygen atoms in total. The lowest BCUT2D eigenvalue weighted by Crippen LogP contribution is -2.64. The molecule has 35 heteroatoms. The van der Waals surface area contributed by atoms with Crippen molar-refractivity contribution in [1.29, 1.82) is 0 Å². The van der Waals surface area contributed by atoms with Crippen LogP contribution in [-0.2, 0) is 61.6 Å². The lowest BCUT2D eigenvalue weighted by molar-refractivity contribution is -0.374. The van der Waals surface area contributed by atoms with Crippen LogP contribution in [0.2, 0.25) is 0 Å². The molecule has 0 unspecified atom stereocenters. The van der Waals surface area contributed by atoms with E-state index in [1.807, 2.05) is 0 Å². The first kappa shape index (κ1) is 100.0. The van der Waals surface area contributed by atoms with Gasteiger partial charge in [0.2, 0.25) is 5.91 Å². The number of aliphatic hydroxyl groups is 21. The Morgan fingerprint density at radius 3 is 1.21 bits per heavy atom. The molecule has 6 rings (SSSR count). The molecule has 113 heavy (non-hydrogen) atoms. The summed E-state index contributed by atoms with van der Waals surface area (Å²) in [6.45, 7) is -1.84. The number of rotatable bonds is 60. The summed E-state index contributed by atoms with van der Waals surface area (Å²) >= 11 is 0. The molecule has 0 saturated carbocycles. The quantitative estimate of drug-likeness (QED) is 0.0319. The van der Waals surface area contributed by atoms with Crippen LogP contribution < -0.4 is 5.32 Å². The van der Waals surface area contributed by atoms with Crippen LogP contribution in [0, 0.1) is 0 Å². The van der Waals surface area contributed by atoms with E-state index in [1.54, 1.807) is 0 Å². The fraction of sp³-hybridized carbons (Fsp3) is 0.987. The molecule has 6 aliphatic heterocycles. The van der Waals surface area contributed by atoms with Gasteiger partial charge in [-0.3, -0.25) is 4.79 Å². The number of ether oxygens (including phenoxy) is 12. The molecule has 6 fully saturated rings. The minimum Gasteiger partial charge on any atom is -0.394 e. The maximum atomic E-state index is 13.7. The van der Waals surface area contributed by atoms with Crippen molar-refractivity contribution in [1.82, 2.24) is 5.32 Å². The maximum Gasteiger partial charge on any atom is 0.249 e. The van der Waals surface area contributed by atoms with Crippen LogP contribution in [0.5, 0.6) is 0 Å². The van der Waals surface area contributed by atoms with Gasteiger partial charge in [0.1, 0.15) is 153 Å². The number of carbonyl (C=O) groups excluding carboxylic acids is 1. The molecule has 22 N–H and O–H groups in total. The van der Waals surface area contributed by atoms with E-state index >= 15 is 0 Å². The van der Waals surface area contributed by atoms with Gasteiger partial charge in [-0.1, -0.05) is 226 Å². The molecule has 33 atom stereocenters. The predicted molar refractivity (Wildman–Crippen MR) is 400 cm³/mol. The van der Waals surface area contributed by atoms with Crippen molar-refractivity contribution in [3.63, 3.8) is 0 Å². The molecule has 6 saturated heterocycles. The number of nitrogens with one attached hydrogen (secondary N) is 1. The molecule has 0 bridgehead atoms. The molecule has 0 aromatic heterocycles. The van der Waals surface area contributed by atoms with E-state index < -0.39 is 255 Å². The Labute approximate surface area is 665 Å². The van der Waals surface area contributed by atoms with Crippen molar-refractivity contribution in [2.75, 3.05) is 46.2 Å². The van der Waals surface area contributed by atoms with Gasteiger partial charge in [-0.25, -0.2) is 0 Å². The molecule has 0 aromatic carbocycles. The lowest BCUT2D eigenvalue weighted by Gasteiger charge is -2.46. The summed E-state index contributed by atoms with van der Waals surface area (Å²) in [6.07, 6.45) is -22.8. The summed E-state index contributed by atoms with van der Waals surface area (Å²) in [4.78, 5) is 13.7. The van der Waals surface area contributed by atoms with E-state index in [4.69, 9.17) is 56.8 Å². The minimum absolute atomic E-state index is 0.109. The zero-order valence-electron chi connectivity index (χ0n) is 66.4. The van der Waals surface area contributed by atoms with E-state index in [-0.39, 0.29) is 12.8 Å². The highest BCUT2D eigenvalue weighted by Crippen LogP contribution is 2.40. The van der Waals surface area contributed by atoms with Crippen LogP contribution in [-0.4, -0.2) is 362 Å². The van der Waals surface area contributed by atoms with E-state index in [0.717, 1.165) is 64.2 Å². The van der Waals surface area contributed by atoms with Crippen molar-refractivity contribution in [2.45, 2.75) is 441 Å². The average molecular weight is 1640 g/mol. The van der Waals surface area contributed by atoms with E-state index in [1.165, 1.54) is 135 Å². The van der Waals surface area contributed by atoms with Crippen molar-refractivity contribution in [2.24, 2.45) is 0 Å². The van der Waals surface area contributed by atoms with Crippen LogP contribution in [0.15, 0.2) is 0 Å². The first-order valence-electron chi connectivity index (χ1n) is 42.4. The Hall–Kier alpha value is -1.85. The Morgan fingerprint density at radius 1 is 0.363 bits per heavy atom. The summed E-state index contributed by atoms with van der Waals surface area (Å²) in [5, 5.41) is 233. The van der Waals surface area contributed by atoms with Crippen molar-refractivity contribution in [3.8, 4) is 0 Å². The van der Waals surface area contributed by atoms with Crippen molar-refractivity contribution < 1.29 is 169 Å². The van der Waals surface area contributed by atoms with Crippen LogP contribution in [0.25, 0.3) is 0 Å². The second kappa shape index (κ2) is 54.5. The van der Waals surface area contributed by atoms with Crippen LogP contribution in [0.4, 0.5) is 0 Å². The Bertz CT molecular complexity index is 2450. The monoisotopic (exact) mass is 1640 g/mol. The van der Waals surface area contributed by atoms with Gasteiger partial charge in [0, 0.05) is 0 Å². The third kappa shape index (κ3) is 31.5. The second-order valence-electron chi connectivity index (χ2n) is 31.9. The number of unbranched alkanes of at least 4 members (excludes halogenated alkanes) is 31. The zero-order valence-corrected chi connectivity index (χ0v) is 66.4. The fourth-order valence-corrected chi connectivity index (χ4v) is 15.5. The van der Waals surface area contributed by atoms with E-state index in [9.17, 15) is 112 Å². The summed E-state index contributed by atoms with van der Waals surface area (Å²) in [6, 6.07) is -1.43. The normalized spacial score (nSPS) is 35.5. The molecular weight excluding hydrogens is 1490 g/mol. The summed E-state index contributed by atoms with van der Waals surface area (Å²) < 4.78 is 70.6. The van der Waals surface area contributed by atoms with Gasteiger partial charge in [0.15, 0.2) is 37.7 Å². The first-order chi connectivity index (χ1) is 54.4. The van der Waals surface area contributed by atoms with Gasteiger partial charge in [0.05, 0.1) is 58.4 Å². The van der Waals surface area contributed by atoms with Gasteiger partial charge < -0.3 is 169 Å². The molecule has 666 valence electrons. The number of amides is 1. The topological polar surface area (TPSA) is 565 Å². The molecule has 0 aliphatic carbocycles. The maximum absolute atomic E-state index is 13.7. The number of hydrogen-bond donors (Lipinski definition) is 22. The largest absolute Gasteiger partial charge is 0.394 e. The summed E-state index contributed by atoms with van der Waals surface area (Å²) in [5.41, 5.74) is 0. The van der Waals surface area contributed by atoms with Gasteiger partial charge >= 0.3 is 0 Å². The lowest BCUT2D eigenvalue weighted by atomic mass is 9.98. The van der Waals surface area contributed by atoms with Gasteiger partial charge in [0.25, 0.3) is 0 Å². The van der Waals surface area contributed by atoms with Crippen LogP contribution in [0.1, 0.15) is 239 Å². The third-order valence-electron chi connectivity index (χ3n) is 22.7. The minimum atomic E-state index is -2.30. The van der Waals surface area contributed by atoms with Gasteiger partial charge in [-0.15, -0.1) is 0 Å². The van der Waals surface area contributed by atoms with E-state index in [0.29, 0.717) is 12.8 Å². The van der Waals surface area contributed by atoms with Gasteiger partial charge in [-0.05, 0) is 12.8 Å². The molecule has 0 radical (unpaired) electrons. The summed E-state index contributed by atoms with van der Waals surface area (Å²) in [7, 11) is 0. The first-order valence-corrected chi connectivity index (χ1v) is 42.4. The molecule has 0 aromatic rings. The Kier molecular flexibility index (Phi) is 48.2. The second-order valence-corrected chi connectivity index (χ2v) is 31.9. The molecule has 6 aliphatic rings. The Balaban J connectivity index is 1.08. The SMILES string of the molecule is CCCCCCCCCCCCCCCCCCCCCCC[C@@H](O)C(=O)N[C@@H](CO[C@@H]1O[C@H](CO[C@H]2OC[C@H](O)[C@H](O)[C@H]2O[C@H]2O[C@H](CO)[C@H](O)[C@H](O[C@@H]3O[C@@H]([C@@H](O)CO)[C@H](O[C@H]4O[C@@H]([C@@H](O)CO)[C@H](O)[C@H]4O)[C@H]3O[C@H]3O[C@@H]([C@H](O)CO)[C@H](O)[C@H]3O)[C@H]2O)[C@@H](O)[C@H](O)[C@H]1O)[C@H](O)[C@H](O)CCCCCCCCCCCCCC. The standard InChI is InChI=1S/C78H145NO34/c1-3-5-7-9-11-13-15-17-18-19-20-21-22-23-24-25-27-29-31-33-35-37-47(85)72(101)79-45(54(90)46(84)36-34-32-30-28-26-16-14-12-10-8-6-4-2)42-102-73-61(97)58(94)56(92)53(106-73)44-104-77-69(55(91)51(89)43-103-77)111-76-64(100)68(57(93)52(41-83)105-76)110-78-71(113-75-63(99)60(96)66(108-75)49(87)39-81)70(67(109-78)50(88)40-82)112-74-62(98)59(95)65(107-74)48(86)38-80/h45-71,73-78,80-100H,3-44H2,1-2H3,(H,79,101)/t45-,46+,47+,48-,49+,50-,51-,52+,53+,54-,55-,56+,57-,58-,59+,60+,61+,62+,63+,64+,65-,66-,67-,68-,69+,70-,71+,73+,74+,75+,76+,77+,78-/m0/s1. The molecule has 0 spiro atoms.